The maximum atomic E-state index is 11.1. The van der Waals surface area contributed by atoms with Crippen molar-refractivity contribution in [1.82, 2.24) is 5.32 Å². The Labute approximate surface area is 84.3 Å². The zero-order valence-corrected chi connectivity index (χ0v) is 8.63. The minimum Gasteiger partial charge on any atom is -0.349 e. The van der Waals surface area contributed by atoms with E-state index in [2.05, 4.69) is 37.4 Å². The fourth-order valence-corrected chi connectivity index (χ4v) is 2.21. The van der Waals surface area contributed by atoms with Crippen LogP contribution in [0.15, 0.2) is 18.2 Å². The Morgan fingerprint density at radius 2 is 1.93 bits per heavy atom. The smallest absolute Gasteiger partial charge is 0.220 e. The van der Waals surface area contributed by atoms with E-state index >= 15 is 0 Å². The Bertz CT molecular complexity index is 350. The first-order valence-electron chi connectivity index (χ1n) is 5.04. The first kappa shape index (κ1) is 9.25. The van der Waals surface area contributed by atoms with E-state index in [1.165, 1.54) is 16.7 Å². The highest BCUT2D eigenvalue weighted by atomic mass is 16.1. The molecule has 0 spiro atoms. The van der Waals surface area contributed by atoms with Crippen LogP contribution in [-0.2, 0) is 4.79 Å². The molecule has 1 saturated heterocycles. The van der Waals surface area contributed by atoms with Gasteiger partial charge in [0.15, 0.2) is 0 Å². The maximum Gasteiger partial charge on any atom is 0.220 e. The van der Waals surface area contributed by atoms with Crippen LogP contribution in [-0.4, -0.2) is 5.91 Å². The van der Waals surface area contributed by atoms with Gasteiger partial charge in [0.1, 0.15) is 0 Å². The third kappa shape index (κ3) is 1.52. The number of amides is 1. The number of hydrogen-bond donors (Lipinski definition) is 1. The van der Waals surface area contributed by atoms with Gasteiger partial charge in [-0.2, -0.15) is 0 Å². The molecule has 2 nitrogen and oxygen atoms in total. The first-order valence-corrected chi connectivity index (χ1v) is 5.04. The molecule has 1 aromatic rings. The summed E-state index contributed by atoms with van der Waals surface area (Å²) < 4.78 is 0. The summed E-state index contributed by atoms with van der Waals surface area (Å²) in [4.78, 5) is 11.1. The van der Waals surface area contributed by atoms with Gasteiger partial charge in [0.25, 0.3) is 0 Å². The van der Waals surface area contributed by atoms with E-state index in [1.54, 1.807) is 0 Å². The van der Waals surface area contributed by atoms with E-state index in [4.69, 9.17) is 0 Å². The number of carbonyl (C=O) groups is 1. The number of benzene rings is 1. The van der Waals surface area contributed by atoms with Crippen molar-refractivity contribution in [1.29, 1.82) is 0 Å². The van der Waals surface area contributed by atoms with Gasteiger partial charge < -0.3 is 5.32 Å². The van der Waals surface area contributed by atoms with Crippen molar-refractivity contribution in [3.63, 3.8) is 0 Å². The molecule has 0 saturated carbocycles. The molecule has 2 rings (SSSR count). The highest BCUT2D eigenvalue weighted by Crippen LogP contribution is 2.28. The highest BCUT2D eigenvalue weighted by molar-refractivity contribution is 5.79. The van der Waals surface area contributed by atoms with Crippen LogP contribution in [0.2, 0.25) is 0 Å². The number of hydrogen-bond acceptors (Lipinski definition) is 1. The monoisotopic (exact) mass is 189 g/mol. The maximum absolute atomic E-state index is 11.1. The van der Waals surface area contributed by atoms with Crippen LogP contribution < -0.4 is 5.32 Å². The Morgan fingerprint density at radius 1 is 1.29 bits per heavy atom. The molecule has 0 radical (unpaired) electrons. The van der Waals surface area contributed by atoms with E-state index in [-0.39, 0.29) is 11.9 Å². The van der Waals surface area contributed by atoms with Crippen molar-refractivity contribution in [2.45, 2.75) is 32.7 Å². The van der Waals surface area contributed by atoms with E-state index < -0.39 is 0 Å². The van der Waals surface area contributed by atoms with Crippen molar-refractivity contribution in [2.24, 2.45) is 0 Å². The summed E-state index contributed by atoms with van der Waals surface area (Å²) in [7, 11) is 0. The predicted octanol–water partition coefficient (Wildman–Crippen LogP) is 2.25. The zero-order valence-electron chi connectivity index (χ0n) is 8.63. The molecule has 0 aliphatic carbocycles. The van der Waals surface area contributed by atoms with Gasteiger partial charge in [-0.15, -0.1) is 0 Å². The topological polar surface area (TPSA) is 29.1 Å². The fraction of sp³-hybridized carbons (Fsp3) is 0.417. The van der Waals surface area contributed by atoms with E-state index in [0.717, 1.165) is 6.42 Å². The third-order valence-corrected chi connectivity index (χ3v) is 2.89. The molecule has 1 atom stereocenters. The molecule has 1 aliphatic heterocycles. The normalized spacial score (nSPS) is 21.0. The summed E-state index contributed by atoms with van der Waals surface area (Å²) in [5.41, 5.74) is 3.85. The second kappa shape index (κ2) is 3.45. The predicted molar refractivity (Wildman–Crippen MR) is 56.0 cm³/mol. The minimum absolute atomic E-state index is 0.178. The summed E-state index contributed by atoms with van der Waals surface area (Å²) in [5, 5.41) is 3.01. The summed E-state index contributed by atoms with van der Waals surface area (Å²) in [6.45, 7) is 4.21. The minimum atomic E-state index is 0.178. The standard InChI is InChI=1S/C12H15NO/c1-8-4-3-5-9(2)12(8)10-6-7-11(14)13-10/h3-5,10H,6-7H2,1-2H3,(H,13,14)/t10-/m0/s1. The van der Waals surface area contributed by atoms with Gasteiger partial charge in [-0.05, 0) is 37.0 Å². The lowest BCUT2D eigenvalue weighted by molar-refractivity contribution is -0.119. The van der Waals surface area contributed by atoms with Crippen molar-refractivity contribution < 1.29 is 4.79 Å². The lowest BCUT2D eigenvalue weighted by Crippen LogP contribution is -2.19. The van der Waals surface area contributed by atoms with Gasteiger partial charge in [0, 0.05) is 6.42 Å². The molecule has 0 aromatic heterocycles. The van der Waals surface area contributed by atoms with Gasteiger partial charge in [-0.1, -0.05) is 18.2 Å². The molecule has 1 N–H and O–H groups in total. The SMILES string of the molecule is Cc1cccc(C)c1[C@@H]1CCC(=O)N1. The Hall–Kier alpha value is -1.31. The lowest BCUT2D eigenvalue weighted by Gasteiger charge is -2.16. The van der Waals surface area contributed by atoms with Crippen LogP contribution >= 0.6 is 0 Å². The number of rotatable bonds is 1. The fourth-order valence-electron chi connectivity index (χ4n) is 2.21. The van der Waals surface area contributed by atoms with Crippen LogP contribution in [0, 0.1) is 13.8 Å². The molecule has 0 bridgehead atoms. The molecule has 2 heteroatoms. The quantitative estimate of drug-likeness (QED) is 0.721. The Kier molecular flexibility index (Phi) is 2.28. The van der Waals surface area contributed by atoms with Crippen LogP contribution in [0.25, 0.3) is 0 Å². The van der Waals surface area contributed by atoms with Crippen LogP contribution in [0.3, 0.4) is 0 Å². The highest BCUT2D eigenvalue weighted by Gasteiger charge is 2.24. The Morgan fingerprint density at radius 3 is 2.43 bits per heavy atom. The molecular weight excluding hydrogens is 174 g/mol. The summed E-state index contributed by atoms with van der Waals surface area (Å²) in [6, 6.07) is 6.51. The molecular formula is C12H15NO. The van der Waals surface area contributed by atoms with E-state index in [9.17, 15) is 4.79 Å². The second-order valence-corrected chi connectivity index (χ2v) is 3.96. The molecule has 1 aromatic carbocycles. The van der Waals surface area contributed by atoms with Crippen LogP contribution in [0.1, 0.15) is 35.6 Å². The molecule has 74 valence electrons. The van der Waals surface area contributed by atoms with E-state index in [1.807, 2.05) is 0 Å². The Balaban J connectivity index is 2.36. The van der Waals surface area contributed by atoms with Gasteiger partial charge in [-0.3, -0.25) is 4.79 Å². The van der Waals surface area contributed by atoms with Gasteiger partial charge in [0.2, 0.25) is 5.91 Å². The van der Waals surface area contributed by atoms with Crippen molar-refractivity contribution in [2.75, 3.05) is 0 Å². The summed E-state index contributed by atoms with van der Waals surface area (Å²) >= 11 is 0. The van der Waals surface area contributed by atoms with Crippen molar-refractivity contribution >= 4 is 5.91 Å². The average Bonchev–Trinajstić information content (AvgIpc) is 2.51. The van der Waals surface area contributed by atoms with Crippen molar-refractivity contribution in [3.05, 3.63) is 34.9 Å². The summed E-state index contributed by atoms with van der Waals surface area (Å²) in [6.07, 6.45) is 1.60. The molecule has 1 aliphatic rings. The second-order valence-electron chi connectivity index (χ2n) is 3.96. The largest absolute Gasteiger partial charge is 0.349 e. The zero-order chi connectivity index (χ0) is 10.1. The molecule has 0 unspecified atom stereocenters. The average molecular weight is 189 g/mol. The number of carbonyl (C=O) groups excluding carboxylic acids is 1. The molecule has 1 heterocycles. The number of nitrogens with one attached hydrogen (secondary N) is 1. The molecule has 1 fully saturated rings. The van der Waals surface area contributed by atoms with Gasteiger partial charge >= 0.3 is 0 Å². The van der Waals surface area contributed by atoms with E-state index in [0.29, 0.717) is 6.42 Å². The van der Waals surface area contributed by atoms with Crippen LogP contribution in [0.5, 0.6) is 0 Å². The molecule has 1 amide bonds. The van der Waals surface area contributed by atoms with Crippen LogP contribution in [0.4, 0.5) is 0 Å². The van der Waals surface area contributed by atoms with Crippen molar-refractivity contribution in [3.8, 4) is 0 Å². The summed E-state index contributed by atoms with van der Waals surface area (Å²) in [5.74, 6) is 0.178. The number of aryl methyl sites for hydroxylation is 2. The van der Waals surface area contributed by atoms with Gasteiger partial charge in [-0.25, -0.2) is 0 Å². The molecule has 14 heavy (non-hydrogen) atoms. The van der Waals surface area contributed by atoms with Gasteiger partial charge in [0.05, 0.1) is 6.04 Å². The lowest BCUT2D eigenvalue weighted by atomic mass is 9.95. The first-order chi connectivity index (χ1) is 6.68. The third-order valence-electron chi connectivity index (χ3n) is 2.89.